The van der Waals surface area contributed by atoms with E-state index in [1.54, 1.807) is 0 Å². The summed E-state index contributed by atoms with van der Waals surface area (Å²) in [6.07, 6.45) is 8.14. The molecule has 7 heteroatoms. The average Bonchev–Trinajstić information content (AvgIpc) is 3.16. The SMILES string of the molecule is CCCn1c(=O)n(C2CCN(C(=O)C3CCN(Cc4ccncc4)CC3)CC2)c2ccccc21. The molecule has 0 unspecified atom stereocenters. The molecule has 0 radical (unpaired) electrons. The molecule has 3 aromatic rings. The first-order valence-electron chi connectivity index (χ1n) is 12.8. The van der Waals surface area contributed by atoms with Crippen LogP contribution < -0.4 is 5.69 Å². The highest BCUT2D eigenvalue weighted by molar-refractivity contribution is 5.79. The summed E-state index contributed by atoms with van der Waals surface area (Å²) in [7, 11) is 0. The number of amides is 1. The number of imidazole rings is 1. The van der Waals surface area contributed by atoms with Gasteiger partial charge in [-0.15, -0.1) is 0 Å². The third kappa shape index (κ3) is 4.53. The van der Waals surface area contributed by atoms with E-state index in [1.165, 1.54) is 5.56 Å². The first-order valence-corrected chi connectivity index (χ1v) is 12.8. The molecule has 2 aromatic heterocycles. The van der Waals surface area contributed by atoms with Gasteiger partial charge in [-0.2, -0.15) is 0 Å². The van der Waals surface area contributed by atoms with E-state index in [2.05, 4.69) is 39.9 Å². The van der Waals surface area contributed by atoms with Gasteiger partial charge in [0, 0.05) is 50.5 Å². The van der Waals surface area contributed by atoms with Gasteiger partial charge in [0.1, 0.15) is 0 Å². The van der Waals surface area contributed by atoms with Crippen LogP contribution in [0.4, 0.5) is 0 Å². The number of nitrogens with zero attached hydrogens (tertiary/aromatic N) is 5. The van der Waals surface area contributed by atoms with Crippen LogP contribution in [0.5, 0.6) is 0 Å². The summed E-state index contributed by atoms with van der Waals surface area (Å²) in [6, 6.07) is 12.4. The van der Waals surface area contributed by atoms with E-state index in [1.807, 2.05) is 39.7 Å². The van der Waals surface area contributed by atoms with Crippen molar-refractivity contribution in [1.29, 1.82) is 0 Å². The minimum atomic E-state index is 0.0920. The smallest absolute Gasteiger partial charge is 0.329 e. The number of para-hydroxylation sites is 2. The van der Waals surface area contributed by atoms with Crippen molar-refractivity contribution in [1.82, 2.24) is 23.9 Å². The molecule has 0 spiro atoms. The second-order valence-corrected chi connectivity index (χ2v) is 9.76. The molecule has 0 aliphatic carbocycles. The predicted molar refractivity (Wildman–Crippen MR) is 134 cm³/mol. The Balaban J connectivity index is 1.19. The Labute approximate surface area is 201 Å². The van der Waals surface area contributed by atoms with Gasteiger partial charge in [0.05, 0.1) is 11.0 Å². The molecule has 0 saturated carbocycles. The van der Waals surface area contributed by atoms with Gasteiger partial charge in [-0.05, 0) is 75.0 Å². The normalized spacial score (nSPS) is 18.6. The van der Waals surface area contributed by atoms with Crippen LogP contribution in [-0.4, -0.2) is 56.0 Å². The zero-order valence-corrected chi connectivity index (χ0v) is 20.1. The lowest BCUT2D eigenvalue weighted by molar-refractivity contribution is -0.138. The van der Waals surface area contributed by atoms with E-state index < -0.39 is 0 Å². The molecule has 0 N–H and O–H groups in total. The number of piperidine rings is 2. The molecule has 2 fully saturated rings. The Hall–Kier alpha value is -2.93. The van der Waals surface area contributed by atoms with Crippen molar-refractivity contribution in [3.63, 3.8) is 0 Å². The van der Waals surface area contributed by atoms with Crippen molar-refractivity contribution >= 4 is 16.9 Å². The number of hydrogen-bond donors (Lipinski definition) is 0. The van der Waals surface area contributed by atoms with Crippen LogP contribution in [0.15, 0.2) is 53.6 Å². The van der Waals surface area contributed by atoms with Crippen molar-refractivity contribution in [2.24, 2.45) is 5.92 Å². The highest BCUT2D eigenvalue weighted by Gasteiger charge is 2.32. The predicted octanol–water partition coefficient (Wildman–Crippen LogP) is 3.68. The molecule has 7 nitrogen and oxygen atoms in total. The standard InChI is InChI=1S/C27H35N5O2/c1-2-15-31-24-5-3-4-6-25(24)32(27(31)34)23-11-18-30(19-12-23)26(33)22-9-16-29(17-10-22)20-21-7-13-28-14-8-21/h3-8,13-14,22-23H,2,9-12,15-20H2,1H3. The van der Waals surface area contributed by atoms with Gasteiger partial charge in [0.25, 0.3) is 0 Å². The molecule has 2 aliphatic rings. The Morgan fingerprint density at radius 1 is 0.941 bits per heavy atom. The maximum atomic E-state index is 13.3. The van der Waals surface area contributed by atoms with Crippen LogP contribution >= 0.6 is 0 Å². The summed E-state index contributed by atoms with van der Waals surface area (Å²) in [4.78, 5) is 35.1. The van der Waals surface area contributed by atoms with Crippen LogP contribution in [0.2, 0.25) is 0 Å². The number of rotatable bonds is 6. The number of hydrogen-bond acceptors (Lipinski definition) is 4. The van der Waals surface area contributed by atoms with Gasteiger partial charge in [0.2, 0.25) is 5.91 Å². The third-order valence-electron chi connectivity index (χ3n) is 7.55. The quantitative estimate of drug-likeness (QED) is 0.562. The van der Waals surface area contributed by atoms with E-state index in [-0.39, 0.29) is 17.6 Å². The van der Waals surface area contributed by atoms with Gasteiger partial charge in [-0.25, -0.2) is 4.79 Å². The Bertz CT molecular complexity index is 1170. The lowest BCUT2D eigenvalue weighted by atomic mass is 9.93. The van der Waals surface area contributed by atoms with Gasteiger partial charge in [0.15, 0.2) is 0 Å². The van der Waals surface area contributed by atoms with Crippen LogP contribution in [-0.2, 0) is 17.9 Å². The maximum Gasteiger partial charge on any atom is 0.329 e. The van der Waals surface area contributed by atoms with Crippen LogP contribution in [0, 0.1) is 5.92 Å². The Morgan fingerprint density at radius 2 is 1.62 bits per heavy atom. The van der Waals surface area contributed by atoms with E-state index in [0.717, 1.165) is 82.4 Å². The second-order valence-electron chi connectivity index (χ2n) is 9.76. The summed E-state index contributed by atoms with van der Waals surface area (Å²) in [5.41, 5.74) is 3.41. The fourth-order valence-corrected chi connectivity index (χ4v) is 5.71. The van der Waals surface area contributed by atoms with E-state index in [4.69, 9.17) is 0 Å². The number of carbonyl (C=O) groups excluding carboxylic acids is 1. The highest BCUT2D eigenvalue weighted by Crippen LogP contribution is 2.28. The molecule has 0 atom stereocenters. The number of aryl methyl sites for hydroxylation is 1. The van der Waals surface area contributed by atoms with Crippen molar-refractivity contribution in [3.05, 3.63) is 64.8 Å². The topological polar surface area (TPSA) is 63.4 Å². The molecule has 1 amide bonds. The fourth-order valence-electron chi connectivity index (χ4n) is 5.71. The Kier molecular flexibility index (Phi) is 6.81. The number of pyridine rings is 1. The zero-order chi connectivity index (χ0) is 23.5. The van der Waals surface area contributed by atoms with Gasteiger partial charge in [-0.1, -0.05) is 19.1 Å². The summed E-state index contributed by atoms with van der Waals surface area (Å²) in [6.45, 7) is 7.16. The van der Waals surface area contributed by atoms with Crippen molar-refractivity contribution in [2.75, 3.05) is 26.2 Å². The van der Waals surface area contributed by atoms with Crippen LogP contribution in [0.3, 0.4) is 0 Å². The molecule has 5 rings (SSSR count). The largest absolute Gasteiger partial charge is 0.342 e. The van der Waals surface area contributed by atoms with Crippen LogP contribution in [0.25, 0.3) is 11.0 Å². The van der Waals surface area contributed by atoms with E-state index in [0.29, 0.717) is 5.91 Å². The minimum absolute atomic E-state index is 0.0920. The minimum Gasteiger partial charge on any atom is -0.342 e. The average molecular weight is 462 g/mol. The molecular formula is C27H35N5O2. The fraction of sp³-hybridized carbons (Fsp3) is 0.519. The summed E-state index contributed by atoms with van der Waals surface area (Å²) in [5.74, 6) is 0.433. The van der Waals surface area contributed by atoms with Crippen molar-refractivity contribution in [2.45, 2.75) is 58.2 Å². The van der Waals surface area contributed by atoms with Crippen molar-refractivity contribution in [3.8, 4) is 0 Å². The first-order chi connectivity index (χ1) is 16.7. The molecule has 2 saturated heterocycles. The summed E-state index contributed by atoms with van der Waals surface area (Å²) in [5, 5.41) is 0. The van der Waals surface area contributed by atoms with Gasteiger partial charge in [-0.3, -0.25) is 23.8 Å². The van der Waals surface area contributed by atoms with Crippen LogP contribution in [0.1, 0.15) is 50.6 Å². The molecular weight excluding hydrogens is 426 g/mol. The second kappa shape index (κ2) is 10.1. The van der Waals surface area contributed by atoms with Gasteiger partial charge >= 0.3 is 5.69 Å². The van der Waals surface area contributed by atoms with Gasteiger partial charge < -0.3 is 4.90 Å². The number of fused-ring (bicyclic) bond motifs is 1. The molecule has 4 heterocycles. The molecule has 1 aromatic carbocycles. The molecule has 2 aliphatic heterocycles. The summed E-state index contributed by atoms with van der Waals surface area (Å²) < 4.78 is 3.90. The lowest BCUT2D eigenvalue weighted by Crippen LogP contribution is -2.46. The number of likely N-dealkylation sites (tertiary alicyclic amines) is 2. The molecule has 34 heavy (non-hydrogen) atoms. The summed E-state index contributed by atoms with van der Waals surface area (Å²) >= 11 is 0. The first kappa shape index (κ1) is 22.8. The third-order valence-corrected chi connectivity index (χ3v) is 7.55. The number of carbonyl (C=O) groups is 1. The zero-order valence-electron chi connectivity index (χ0n) is 20.1. The lowest BCUT2D eigenvalue weighted by Gasteiger charge is -2.37. The maximum absolute atomic E-state index is 13.3. The van der Waals surface area contributed by atoms with E-state index in [9.17, 15) is 9.59 Å². The Morgan fingerprint density at radius 3 is 2.29 bits per heavy atom. The highest BCUT2D eigenvalue weighted by atomic mass is 16.2. The molecule has 0 bridgehead atoms. The van der Waals surface area contributed by atoms with Crippen molar-refractivity contribution < 1.29 is 4.79 Å². The number of aromatic nitrogens is 3. The van der Waals surface area contributed by atoms with E-state index >= 15 is 0 Å². The monoisotopic (exact) mass is 461 g/mol. The number of benzene rings is 1. The molecule has 180 valence electrons.